The highest BCUT2D eigenvalue weighted by molar-refractivity contribution is 5.49. The lowest BCUT2D eigenvalue weighted by atomic mass is 10.2. The van der Waals surface area contributed by atoms with Crippen molar-refractivity contribution in [1.82, 2.24) is 9.97 Å². The number of aromatic nitrogens is 2. The highest BCUT2D eigenvalue weighted by atomic mass is 16.3. The average molecular weight is 288 g/mol. The van der Waals surface area contributed by atoms with Gasteiger partial charge in [0.1, 0.15) is 23.2 Å². The molecule has 2 aromatic rings. The summed E-state index contributed by atoms with van der Waals surface area (Å²) in [5.74, 6) is 3.87. The number of rotatable bonds is 7. The molecule has 0 saturated heterocycles. The summed E-state index contributed by atoms with van der Waals surface area (Å²) in [5, 5.41) is 3.34. The van der Waals surface area contributed by atoms with Gasteiger partial charge in [0, 0.05) is 25.6 Å². The molecule has 2 rings (SSSR count). The van der Waals surface area contributed by atoms with Gasteiger partial charge < -0.3 is 14.6 Å². The Bertz CT molecular complexity index is 551. The maximum atomic E-state index is 5.40. The maximum Gasteiger partial charge on any atom is 0.135 e. The molecule has 2 aromatic heterocycles. The van der Waals surface area contributed by atoms with E-state index in [0.717, 1.165) is 36.2 Å². The first kappa shape index (κ1) is 15.4. The zero-order valence-corrected chi connectivity index (χ0v) is 13.3. The second kappa shape index (κ2) is 7.11. The number of anilines is 2. The van der Waals surface area contributed by atoms with Crippen LogP contribution < -0.4 is 10.2 Å². The van der Waals surface area contributed by atoms with E-state index in [0.29, 0.717) is 12.5 Å². The van der Waals surface area contributed by atoms with Gasteiger partial charge in [0.25, 0.3) is 0 Å². The fourth-order valence-corrected chi connectivity index (χ4v) is 1.97. The Hall–Kier alpha value is -2.04. The molecule has 0 amide bonds. The monoisotopic (exact) mass is 288 g/mol. The van der Waals surface area contributed by atoms with Gasteiger partial charge in [0.15, 0.2) is 0 Å². The molecular formula is C16H24N4O. The summed E-state index contributed by atoms with van der Waals surface area (Å²) < 4.78 is 5.40. The molecule has 1 N–H and O–H groups in total. The molecule has 0 radical (unpaired) electrons. The minimum absolute atomic E-state index is 0.295. The molecule has 5 nitrogen and oxygen atoms in total. The van der Waals surface area contributed by atoms with Crippen LogP contribution in [-0.4, -0.2) is 23.6 Å². The van der Waals surface area contributed by atoms with Crippen LogP contribution in [0.5, 0.6) is 0 Å². The second-order valence-electron chi connectivity index (χ2n) is 5.49. The van der Waals surface area contributed by atoms with Crippen molar-refractivity contribution in [3.8, 4) is 0 Å². The van der Waals surface area contributed by atoms with Gasteiger partial charge in [-0.15, -0.1) is 0 Å². The molecule has 0 spiro atoms. The lowest BCUT2D eigenvalue weighted by molar-refractivity contribution is 0.506. The van der Waals surface area contributed by atoms with Crippen LogP contribution in [0, 0.1) is 0 Å². The summed E-state index contributed by atoms with van der Waals surface area (Å²) in [6.07, 6.45) is 2.76. The molecule has 0 saturated carbocycles. The van der Waals surface area contributed by atoms with Gasteiger partial charge in [-0.25, -0.2) is 9.97 Å². The van der Waals surface area contributed by atoms with Crippen LogP contribution in [0.2, 0.25) is 0 Å². The number of furan rings is 1. The van der Waals surface area contributed by atoms with Crippen molar-refractivity contribution in [2.45, 2.75) is 39.7 Å². The van der Waals surface area contributed by atoms with Crippen molar-refractivity contribution < 1.29 is 4.42 Å². The first-order chi connectivity index (χ1) is 10.1. The third kappa shape index (κ3) is 4.21. The van der Waals surface area contributed by atoms with Gasteiger partial charge >= 0.3 is 0 Å². The number of hydrogen-bond acceptors (Lipinski definition) is 5. The SMILES string of the molecule is CCCNc1cc(N(C)Cc2ccco2)nc(C(C)C)n1. The summed E-state index contributed by atoms with van der Waals surface area (Å²) in [6.45, 7) is 7.95. The Morgan fingerprint density at radius 1 is 1.33 bits per heavy atom. The lowest BCUT2D eigenvalue weighted by Gasteiger charge is -2.19. The summed E-state index contributed by atoms with van der Waals surface area (Å²) in [4.78, 5) is 11.3. The van der Waals surface area contributed by atoms with Crippen LogP contribution in [-0.2, 0) is 6.54 Å². The van der Waals surface area contributed by atoms with Crippen molar-refractivity contribution in [3.05, 3.63) is 36.0 Å². The van der Waals surface area contributed by atoms with Gasteiger partial charge in [-0.3, -0.25) is 0 Å². The normalized spacial score (nSPS) is 10.9. The minimum Gasteiger partial charge on any atom is -0.467 e. The van der Waals surface area contributed by atoms with E-state index in [-0.39, 0.29) is 0 Å². The molecule has 0 aliphatic heterocycles. The molecule has 0 unspecified atom stereocenters. The standard InChI is InChI=1S/C16H24N4O/c1-5-8-17-14-10-15(19-16(18-14)12(2)3)20(4)11-13-7-6-9-21-13/h6-7,9-10,12H,5,8,11H2,1-4H3,(H,17,18,19). The van der Waals surface area contributed by atoms with Crippen molar-refractivity contribution in [2.75, 3.05) is 23.8 Å². The highest BCUT2D eigenvalue weighted by Crippen LogP contribution is 2.20. The van der Waals surface area contributed by atoms with E-state index in [2.05, 4.69) is 41.0 Å². The Kier molecular flexibility index (Phi) is 5.20. The molecule has 2 heterocycles. The number of hydrogen-bond donors (Lipinski definition) is 1. The quantitative estimate of drug-likeness (QED) is 0.842. The van der Waals surface area contributed by atoms with Crippen molar-refractivity contribution in [1.29, 1.82) is 0 Å². The van der Waals surface area contributed by atoms with Crippen molar-refractivity contribution in [2.24, 2.45) is 0 Å². The highest BCUT2D eigenvalue weighted by Gasteiger charge is 2.12. The van der Waals surface area contributed by atoms with Gasteiger partial charge in [-0.2, -0.15) is 0 Å². The van der Waals surface area contributed by atoms with Crippen LogP contribution >= 0.6 is 0 Å². The zero-order chi connectivity index (χ0) is 15.2. The molecule has 5 heteroatoms. The van der Waals surface area contributed by atoms with Crippen molar-refractivity contribution >= 4 is 11.6 Å². The smallest absolute Gasteiger partial charge is 0.135 e. The van der Waals surface area contributed by atoms with E-state index in [1.165, 1.54) is 0 Å². The Morgan fingerprint density at radius 2 is 2.14 bits per heavy atom. The lowest BCUT2D eigenvalue weighted by Crippen LogP contribution is -2.19. The van der Waals surface area contributed by atoms with Crippen LogP contribution in [0.4, 0.5) is 11.6 Å². The molecule has 114 valence electrons. The molecule has 0 aliphatic rings. The van der Waals surface area contributed by atoms with Crippen LogP contribution in [0.3, 0.4) is 0 Å². The number of nitrogens with one attached hydrogen (secondary N) is 1. The average Bonchev–Trinajstić information content (AvgIpc) is 2.97. The fourth-order valence-electron chi connectivity index (χ4n) is 1.97. The summed E-state index contributed by atoms with van der Waals surface area (Å²) in [5.41, 5.74) is 0. The zero-order valence-electron chi connectivity index (χ0n) is 13.3. The summed E-state index contributed by atoms with van der Waals surface area (Å²) >= 11 is 0. The van der Waals surface area contributed by atoms with Crippen LogP contribution in [0.15, 0.2) is 28.9 Å². The second-order valence-corrected chi connectivity index (χ2v) is 5.49. The van der Waals surface area contributed by atoms with E-state index < -0.39 is 0 Å². The van der Waals surface area contributed by atoms with Gasteiger partial charge in [-0.05, 0) is 18.6 Å². The first-order valence-electron chi connectivity index (χ1n) is 7.46. The largest absolute Gasteiger partial charge is 0.467 e. The fraction of sp³-hybridized carbons (Fsp3) is 0.500. The minimum atomic E-state index is 0.295. The van der Waals surface area contributed by atoms with Crippen molar-refractivity contribution in [3.63, 3.8) is 0 Å². The van der Waals surface area contributed by atoms with E-state index >= 15 is 0 Å². The molecule has 0 atom stereocenters. The molecule has 0 fully saturated rings. The molecular weight excluding hydrogens is 264 g/mol. The Morgan fingerprint density at radius 3 is 2.76 bits per heavy atom. The predicted octanol–water partition coefficient (Wildman–Crippen LogP) is 3.65. The predicted molar refractivity (Wildman–Crippen MR) is 85.7 cm³/mol. The topological polar surface area (TPSA) is 54.2 Å². The van der Waals surface area contributed by atoms with Gasteiger partial charge in [0.2, 0.25) is 0 Å². The summed E-state index contributed by atoms with van der Waals surface area (Å²) in [7, 11) is 2.01. The molecule has 0 bridgehead atoms. The van der Waals surface area contributed by atoms with E-state index in [1.54, 1.807) is 6.26 Å². The molecule has 0 aromatic carbocycles. The first-order valence-corrected chi connectivity index (χ1v) is 7.46. The van der Waals surface area contributed by atoms with Gasteiger partial charge in [0.05, 0.1) is 12.8 Å². The Balaban J connectivity index is 2.21. The van der Waals surface area contributed by atoms with Crippen LogP contribution in [0.25, 0.3) is 0 Å². The van der Waals surface area contributed by atoms with E-state index in [1.807, 2.05) is 25.2 Å². The third-order valence-electron chi connectivity index (χ3n) is 3.17. The maximum absolute atomic E-state index is 5.40. The number of nitrogens with zero attached hydrogens (tertiary/aromatic N) is 3. The summed E-state index contributed by atoms with van der Waals surface area (Å²) in [6, 6.07) is 5.86. The third-order valence-corrected chi connectivity index (χ3v) is 3.17. The van der Waals surface area contributed by atoms with E-state index in [4.69, 9.17) is 4.42 Å². The van der Waals surface area contributed by atoms with Gasteiger partial charge in [-0.1, -0.05) is 20.8 Å². The Labute approximate surface area is 126 Å². The molecule has 0 aliphatic carbocycles. The van der Waals surface area contributed by atoms with Crippen LogP contribution in [0.1, 0.15) is 44.7 Å². The molecule has 21 heavy (non-hydrogen) atoms. The van der Waals surface area contributed by atoms with E-state index in [9.17, 15) is 0 Å².